The summed E-state index contributed by atoms with van der Waals surface area (Å²) in [6, 6.07) is 9.86. The highest BCUT2D eigenvalue weighted by atomic mass is 14.8. The molecule has 0 saturated heterocycles. The van der Waals surface area contributed by atoms with E-state index in [1.54, 1.807) is 0 Å². The zero-order valence-corrected chi connectivity index (χ0v) is 9.48. The van der Waals surface area contributed by atoms with Crippen LogP contribution in [-0.2, 0) is 0 Å². The molecule has 0 radical (unpaired) electrons. The van der Waals surface area contributed by atoms with Crippen LogP contribution in [0.25, 0.3) is 0 Å². The van der Waals surface area contributed by atoms with Crippen LogP contribution in [0.2, 0.25) is 0 Å². The molecule has 1 aliphatic carbocycles. The van der Waals surface area contributed by atoms with E-state index in [0.29, 0.717) is 12.3 Å². The molecule has 0 fully saturated rings. The number of nitrogens with two attached hydrogens (primary N) is 1. The molecular weight excluding hydrogens is 210 g/mol. The maximum atomic E-state index is 7.96. The Hall–Kier alpha value is -2.13. The SMILES string of the molecule is N=C1C(CN)=CC=C/C1=C/Nc1ccccc1. The van der Waals surface area contributed by atoms with Crippen LogP contribution >= 0.6 is 0 Å². The lowest BCUT2D eigenvalue weighted by Crippen LogP contribution is -2.16. The number of hydrogen-bond donors (Lipinski definition) is 3. The van der Waals surface area contributed by atoms with Crippen LogP contribution in [0.5, 0.6) is 0 Å². The lowest BCUT2D eigenvalue weighted by atomic mass is 9.98. The predicted molar refractivity (Wildman–Crippen MR) is 72.2 cm³/mol. The number of anilines is 1. The van der Waals surface area contributed by atoms with Gasteiger partial charge in [-0.05, 0) is 17.7 Å². The van der Waals surface area contributed by atoms with Crippen LogP contribution in [0.1, 0.15) is 0 Å². The second kappa shape index (κ2) is 5.27. The predicted octanol–water partition coefficient (Wildman–Crippen LogP) is 2.46. The Balaban J connectivity index is 2.12. The number of allylic oxidation sites excluding steroid dienone is 4. The Labute approximate surface area is 101 Å². The van der Waals surface area contributed by atoms with Gasteiger partial charge in [-0.15, -0.1) is 0 Å². The quantitative estimate of drug-likeness (QED) is 0.740. The molecule has 0 amide bonds. The number of benzene rings is 1. The highest BCUT2D eigenvalue weighted by Gasteiger charge is 2.09. The van der Waals surface area contributed by atoms with Crippen molar-refractivity contribution in [3.63, 3.8) is 0 Å². The number of nitrogens with one attached hydrogen (secondary N) is 2. The van der Waals surface area contributed by atoms with Crippen LogP contribution in [0.15, 0.2) is 65.9 Å². The zero-order chi connectivity index (χ0) is 12.1. The van der Waals surface area contributed by atoms with Gasteiger partial charge in [-0.2, -0.15) is 0 Å². The first-order chi connectivity index (χ1) is 8.31. The highest BCUT2D eigenvalue weighted by Crippen LogP contribution is 2.14. The van der Waals surface area contributed by atoms with E-state index < -0.39 is 0 Å². The molecule has 0 spiro atoms. The molecule has 0 unspecified atom stereocenters. The van der Waals surface area contributed by atoms with E-state index in [1.165, 1.54) is 0 Å². The van der Waals surface area contributed by atoms with Gasteiger partial charge < -0.3 is 11.1 Å². The average Bonchev–Trinajstić information content (AvgIpc) is 2.39. The molecule has 17 heavy (non-hydrogen) atoms. The third-order valence-electron chi connectivity index (χ3n) is 2.57. The Morgan fingerprint density at radius 3 is 2.71 bits per heavy atom. The van der Waals surface area contributed by atoms with Crippen molar-refractivity contribution in [2.45, 2.75) is 0 Å². The van der Waals surface area contributed by atoms with Gasteiger partial charge in [-0.3, -0.25) is 5.41 Å². The van der Waals surface area contributed by atoms with Crippen molar-refractivity contribution in [3.05, 3.63) is 65.9 Å². The molecule has 0 atom stereocenters. The maximum absolute atomic E-state index is 7.96. The molecule has 0 heterocycles. The third-order valence-corrected chi connectivity index (χ3v) is 2.57. The summed E-state index contributed by atoms with van der Waals surface area (Å²) >= 11 is 0. The molecule has 1 aliphatic rings. The summed E-state index contributed by atoms with van der Waals surface area (Å²) in [7, 11) is 0. The van der Waals surface area contributed by atoms with Crippen LogP contribution in [0.3, 0.4) is 0 Å². The van der Waals surface area contributed by atoms with Gasteiger partial charge in [0.1, 0.15) is 0 Å². The Morgan fingerprint density at radius 1 is 1.24 bits per heavy atom. The molecular formula is C14H15N3. The Bertz CT molecular complexity index is 495. The Morgan fingerprint density at radius 2 is 2.00 bits per heavy atom. The van der Waals surface area contributed by atoms with Gasteiger partial charge in [0, 0.05) is 24.0 Å². The number of rotatable bonds is 3. The fraction of sp³-hybridized carbons (Fsp3) is 0.0714. The van der Waals surface area contributed by atoms with Crippen molar-refractivity contribution >= 4 is 11.4 Å². The van der Waals surface area contributed by atoms with Crippen molar-refractivity contribution in [2.75, 3.05) is 11.9 Å². The van der Waals surface area contributed by atoms with Crippen molar-refractivity contribution in [3.8, 4) is 0 Å². The van der Waals surface area contributed by atoms with Crippen molar-refractivity contribution in [2.24, 2.45) is 5.73 Å². The molecule has 0 bridgehead atoms. The van der Waals surface area contributed by atoms with E-state index in [0.717, 1.165) is 16.8 Å². The third kappa shape index (κ3) is 2.71. The molecule has 3 nitrogen and oxygen atoms in total. The Kier molecular flexibility index (Phi) is 3.52. The molecule has 86 valence electrons. The molecule has 0 aliphatic heterocycles. The molecule has 2 rings (SSSR count). The largest absolute Gasteiger partial charge is 0.361 e. The van der Waals surface area contributed by atoms with Crippen molar-refractivity contribution in [1.29, 1.82) is 5.41 Å². The van der Waals surface area contributed by atoms with E-state index in [9.17, 15) is 0 Å². The zero-order valence-electron chi connectivity index (χ0n) is 9.48. The normalized spacial score (nSPS) is 17.1. The first-order valence-corrected chi connectivity index (χ1v) is 5.49. The van der Waals surface area contributed by atoms with E-state index in [2.05, 4.69) is 5.32 Å². The van der Waals surface area contributed by atoms with Crippen molar-refractivity contribution in [1.82, 2.24) is 0 Å². The topological polar surface area (TPSA) is 61.9 Å². The van der Waals surface area contributed by atoms with Gasteiger partial charge in [-0.25, -0.2) is 0 Å². The first-order valence-electron chi connectivity index (χ1n) is 5.49. The van der Waals surface area contributed by atoms with Gasteiger partial charge in [0.05, 0.1) is 5.71 Å². The molecule has 3 heteroatoms. The van der Waals surface area contributed by atoms with Gasteiger partial charge in [0.25, 0.3) is 0 Å². The maximum Gasteiger partial charge on any atom is 0.0671 e. The lowest BCUT2D eigenvalue weighted by Gasteiger charge is -2.12. The average molecular weight is 225 g/mol. The summed E-state index contributed by atoms with van der Waals surface area (Å²) in [6.45, 7) is 0.395. The minimum atomic E-state index is 0.395. The second-order valence-electron chi connectivity index (χ2n) is 3.74. The minimum absolute atomic E-state index is 0.395. The van der Waals surface area contributed by atoms with Crippen LogP contribution in [0, 0.1) is 5.41 Å². The molecule has 1 aromatic rings. The van der Waals surface area contributed by atoms with Gasteiger partial charge in [0.2, 0.25) is 0 Å². The first kappa shape index (κ1) is 11.4. The van der Waals surface area contributed by atoms with E-state index in [1.807, 2.05) is 54.8 Å². The smallest absolute Gasteiger partial charge is 0.0671 e. The highest BCUT2D eigenvalue weighted by molar-refractivity contribution is 6.13. The summed E-state index contributed by atoms with van der Waals surface area (Å²) in [5.74, 6) is 0. The second-order valence-corrected chi connectivity index (χ2v) is 3.74. The van der Waals surface area contributed by atoms with Crippen LogP contribution in [-0.4, -0.2) is 12.3 Å². The van der Waals surface area contributed by atoms with Crippen LogP contribution < -0.4 is 11.1 Å². The summed E-state index contributed by atoms with van der Waals surface area (Å²) in [5, 5.41) is 11.1. The summed E-state index contributed by atoms with van der Waals surface area (Å²) in [6.07, 6.45) is 7.52. The van der Waals surface area contributed by atoms with Crippen molar-refractivity contribution < 1.29 is 0 Å². The molecule has 0 saturated carbocycles. The summed E-state index contributed by atoms with van der Waals surface area (Å²) in [5.41, 5.74) is 8.76. The van der Waals surface area contributed by atoms with E-state index in [4.69, 9.17) is 11.1 Å². The molecule has 1 aromatic carbocycles. The minimum Gasteiger partial charge on any atom is -0.361 e. The number of para-hydroxylation sites is 1. The fourth-order valence-electron chi connectivity index (χ4n) is 1.61. The standard InChI is InChI=1S/C14H15N3/c15-9-11-5-4-6-12(14(11)16)10-17-13-7-2-1-3-8-13/h1-8,10,16-17H,9,15H2/b12-10-,16-14?. The van der Waals surface area contributed by atoms with Crippen LogP contribution in [0.4, 0.5) is 5.69 Å². The number of hydrogen-bond acceptors (Lipinski definition) is 3. The van der Waals surface area contributed by atoms with E-state index >= 15 is 0 Å². The lowest BCUT2D eigenvalue weighted by molar-refractivity contribution is 1.19. The van der Waals surface area contributed by atoms with Gasteiger partial charge in [0.15, 0.2) is 0 Å². The molecule has 4 N–H and O–H groups in total. The van der Waals surface area contributed by atoms with E-state index in [-0.39, 0.29) is 0 Å². The summed E-state index contributed by atoms with van der Waals surface area (Å²) < 4.78 is 0. The van der Waals surface area contributed by atoms with Gasteiger partial charge >= 0.3 is 0 Å². The monoisotopic (exact) mass is 225 g/mol. The fourth-order valence-corrected chi connectivity index (χ4v) is 1.61. The molecule has 0 aromatic heterocycles. The van der Waals surface area contributed by atoms with Gasteiger partial charge in [-0.1, -0.05) is 36.4 Å². The summed E-state index contributed by atoms with van der Waals surface area (Å²) in [4.78, 5) is 0.